The first-order valence-corrected chi connectivity index (χ1v) is 16.0. The fourth-order valence-corrected chi connectivity index (χ4v) is 8.11. The maximum atomic E-state index is 14.3. The van der Waals surface area contributed by atoms with Crippen LogP contribution in [0.25, 0.3) is 0 Å². The Labute approximate surface area is 266 Å². The minimum Gasteiger partial charge on any atom is -0.458 e. The molecule has 1 N–H and O–H groups in total. The first kappa shape index (κ1) is 32.5. The second-order valence-electron chi connectivity index (χ2n) is 14.8. The van der Waals surface area contributed by atoms with Crippen molar-refractivity contribution in [1.82, 2.24) is 15.1 Å². The van der Waals surface area contributed by atoms with Crippen LogP contribution >= 0.6 is 0 Å². The van der Waals surface area contributed by atoms with Crippen molar-refractivity contribution in [3.05, 3.63) is 65.7 Å². The SMILES string of the molecule is CN(C)C(=O)Oc1ccc(C[C@H](NC(=O)C23CC4CC(C2)CC(C(=O)N(C)Cc2ccccc2)(C4)C3)C(=O)OC(C)(C)C)cc1. The normalized spacial score (nSPS) is 25.6. The summed E-state index contributed by atoms with van der Waals surface area (Å²) < 4.78 is 11.1. The molecule has 0 radical (unpaired) electrons. The molecule has 2 aromatic carbocycles. The summed E-state index contributed by atoms with van der Waals surface area (Å²) in [7, 11) is 5.08. The van der Waals surface area contributed by atoms with Gasteiger partial charge in [-0.25, -0.2) is 9.59 Å². The van der Waals surface area contributed by atoms with Crippen molar-refractivity contribution in [1.29, 1.82) is 0 Å². The molecular formula is C36H47N3O6. The molecule has 0 aliphatic heterocycles. The molecule has 3 amide bonds. The van der Waals surface area contributed by atoms with Gasteiger partial charge in [0.1, 0.15) is 17.4 Å². The van der Waals surface area contributed by atoms with Gasteiger partial charge < -0.3 is 24.6 Å². The average molecular weight is 618 g/mol. The number of hydrogen-bond donors (Lipinski definition) is 1. The minimum atomic E-state index is -0.910. The number of carbonyl (C=O) groups is 4. The van der Waals surface area contributed by atoms with Crippen molar-refractivity contribution < 1.29 is 28.7 Å². The number of nitrogens with one attached hydrogen (secondary N) is 1. The monoisotopic (exact) mass is 617 g/mol. The summed E-state index contributed by atoms with van der Waals surface area (Å²) in [6, 6.07) is 16.0. The number of esters is 1. The van der Waals surface area contributed by atoms with E-state index in [-0.39, 0.29) is 18.2 Å². The molecule has 3 atom stereocenters. The van der Waals surface area contributed by atoms with Gasteiger partial charge in [-0.2, -0.15) is 0 Å². The Balaban J connectivity index is 1.34. The summed E-state index contributed by atoms with van der Waals surface area (Å²) in [5.41, 5.74) is -0.125. The van der Waals surface area contributed by atoms with Crippen molar-refractivity contribution in [2.45, 2.75) is 83.9 Å². The molecule has 2 unspecified atom stereocenters. The van der Waals surface area contributed by atoms with Crippen molar-refractivity contribution in [2.24, 2.45) is 22.7 Å². The Morgan fingerprint density at radius 2 is 1.47 bits per heavy atom. The Morgan fingerprint density at radius 1 is 0.867 bits per heavy atom. The van der Waals surface area contributed by atoms with E-state index in [0.29, 0.717) is 30.6 Å². The van der Waals surface area contributed by atoms with Gasteiger partial charge in [0.25, 0.3) is 0 Å². The average Bonchev–Trinajstić information content (AvgIpc) is 2.96. The van der Waals surface area contributed by atoms with Crippen LogP contribution in [0.2, 0.25) is 0 Å². The largest absolute Gasteiger partial charge is 0.458 e. The van der Waals surface area contributed by atoms with Crippen LogP contribution < -0.4 is 10.1 Å². The molecule has 0 spiro atoms. The molecule has 9 heteroatoms. The topological polar surface area (TPSA) is 105 Å². The Hall–Kier alpha value is -3.88. The molecule has 242 valence electrons. The fraction of sp³-hybridized carbons (Fsp3) is 0.556. The van der Waals surface area contributed by atoms with E-state index in [4.69, 9.17) is 9.47 Å². The molecule has 9 nitrogen and oxygen atoms in total. The first-order chi connectivity index (χ1) is 21.2. The first-order valence-electron chi connectivity index (χ1n) is 16.0. The minimum absolute atomic E-state index is 0.122. The maximum absolute atomic E-state index is 14.3. The molecule has 2 aromatic rings. The summed E-state index contributed by atoms with van der Waals surface area (Å²) >= 11 is 0. The van der Waals surface area contributed by atoms with Gasteiger partial charge in [-0.1, -0.05) is 42.5 Å². The smallest absolute Gasteiger partial charge is 0.414 e. The van der Waals surface area contributed by atoms with Crippen LogP contribution in [0, 0.1) is 22.7 Å². The summed E-state index contributed by atoms with van der Waals surface area (Å²) in [4.78, 5) is 57.0. The lowest BCUT2D eigenvalue weighted by Crippen LogP contribution is -2.62. The van der Waals surface area contributed by atoms with Gasteiger partial charge >= 0.3 is 12.1 Å². The van der Waals surface area contributed by atoms with Gasteiger partial charge in [0.15, 0.2) is 0 Å². The molecule has 4 aliphatic rings. The van der Waals surface area contributed by atoms with Gasteiger partial charge in [0.2, 0.25) is 11.8 Å². The molecule has 0 heterocycles. The van der Waals surface area contributed by atoms with Crippen LogP contribution in [0.3, 0.4) is 0 Å². The second kappa shape index (κ2) is 12.5. The van der Waals surface area contributed by atoms with Crippen molar-refractivity contribution in [3.8, 4) is 5.75 Å². The number of ether oxygens (including phenoxy) is 2. The lowest BCUT2D eigenvalue weighted by atomic mass is 9.43. The summed E-state index contributed by atoms with van der Waals surface area (Å²) in [6.07, 6.45) is 4.39. The van der Waals surface area contributed by atoms with Crippen LogP contribution in [-0.2, 0) is 32.1 Å². The molecule has 4 fully saturated rings. The summed E-state index contributed by atoms with van der Waals surface area (Å²) in [5.74, 6) is 0.461. The quantitative estimate of drug-likeness (QED) is 0.380. The predicted molar refractivity (Wildman–Crippen MR) is 170 cm³/mol. The van der Waals surface area contributed by atoms with E-state index >= 15 is 0 Å². The summed E-state index contributed by atoms with van der Waals surface area (Å²) in [6.45, 7) is 5.94. The highest BCUT2D eigenvalue weighted by molar-refractivity contribution is 5.91. The lowest BCUT2D eigenvalue weighted by molar-refractivity contribution is -0.175. The van der Waals surface area contributed by atoms with Crippen LogP contribution in [0.5, 0.6) is 5.75 Å². The zero-order chi connectivity index (χ0) is 32.6. The van der Waals surface area contributed by atoms with Crippen LogP contribution in [0.15, 0.2) is 54.6 Å². The van der Waals surface area contributed by atoms with E-state index in [1.165, 1.54) is 4.90 Å². The van der Waals surface area contributed by atoms with Gasteiger partial charge in [-0.15, -0.1) is 0 Å². The molecule has 0 aromatic heterocycles. The molecule has 4 bridgehead atoms. The van der Waals surface area contributed by atoms with Crippen LogP contribution in [0.4, 0.5) is 4.79 Å². The number of carbonyl (C=O) groups excluding carboxylic acids is 4. The Morgan fingerprint density at radius 3 is 2.04 bits per heavy atom. The predicted octanol–water partition coefficient (Wildman–Crippen LogP) is 5.36. The summed E-state index contributed by atoms with van der Waals surface area (Å²) in [5, 5.41) is 3.10. The number of rotatable bonds is 9. The van der Waals surface area contributed by atoms with Gasteiger partial charge in [-0.3, -0.25) is 9.59 Å². The molecule has 45 heavy (non-hydrogen) atoms. The fourth-order valence-electron chi connectivity index (χ4n) is 8.11. The maximum Gasteiger partial charge on any atom is 0.414 e. The molecule has 6 rings (SSSR count). The standard InChI is InChI=1S/C36H47N3O6/c1-34(2,3)45-30(40)29(17-24-12-14-28(15-13-24)44-33(43)38(4)5)37-31(41)35-18-26-16-27(19-35)21-36(20-26,23-35)32(42)39(6)22-25-10-8-7-9-11-25/h7-15,26-27,29H,16-23H2,1-6H3,(H,37,41)/t26?,27?,29-,35?,36?/m0/s1. The van der Waals surface area contributed by atoms with Gasteiger partial charge in [0, 0.05) is 34.1 Å². The van der Waals surface area contributed by atoms with Crippen LogP contribution in [0.1, 0.15) is 70.4 Å². The molecule has 0 saturated heterocycles. The van der Waals surface area contributed by atoms with Crippen molar-refractivity contribution in [3.63, 3.8) is 0 Å². The third kappa shape index (κ3) is 7.34. The van der Waals surface area contributed by atoms with E-state index in [1.807, 2.05) is 42.3 Å². The number of amides is 3. The molecule has 4 aliphatic carbocycles. The van der Waals surface area contributed by atoms with E-state index in [1.54, 1.807) is 59.1 Å². The molecular weight excluding hydrogens is 570 g/mol. The van der Waals surface area contributed by atoms with E-state index in [9.17, 15) is 19.2 Å². The number of hydrogen-bond acceptors (Lipinski definition) is 6. The van der Waals surface area contributed by atoms with Crippen LogP contribution in [-0.4, -0.2) is 66.5 Å². The van der Waals surface area contributed by atoms with E-state index < -0.39 is 34.5 Å². The highest BCUT2D eigenvalue weighted by Gasteiger charge is 2.63. The highest BCUT2D eigenvalue weighted by atomic mass is 16.6. The Bertz CT molecular complexity index is 1400. The van der Waals surface area contributed by atoms with Gasteiger partial charge in [-0.05, 0) is 94.4 Å². The van der Waals surface area contributed by atoms with E-state index in [0.717, 1.165) is 43.2 Å². The van der Waals surface area contributed by atoms with E-state index in [2.05, 4.69) is 5.32 Å². The van der Waals surface area contributed by atoms with Crippen molar-refractivity contribution in [2.75, 3.05) is 21.1 Å². The number of nitrogens with zero attached hydrogens (tertiary/aromatic N) is 2. The third-order valence-corrected chi connectivity index (χ3v) is 9.54. The highest BCUT2D eigenvalue weighted by Crippen LogP contribution is 2.65. The zero-order valence-corrected chi connectivity index (χ0v) is 27.4. The lowest BCUT2D eigenvalue weighted by Gasteiger charge is -2.61. The van der Waals surface area contributed by atoms with Gasteiger partial charge in [0.05, 0.1) is 10.8 Å². The van der Waals surface area contributed by atoms with Crippen molar-refractivity contribution >= 4 is 23.9 Å². The third-order valence-electron chi connectivity index (χ3n) is 9.54. The number of benzene rings is 2. The second-order valence-corrected chi connectivity index (χ2v) is 14.8. The Kier molecular flexibility index (Phi) is 9.02. The molecule has 4 saturated carbocycles. The zero-order valence-electron chi connectivity index (χ0n) is 27.4.